The number of benzene rings is 1. The van der Waals surface area contributed by atoms with Crippen molar-refractivity contribution < 1.29 is 9.59 Å². The lowest BCUT2D eigenvalue weighted by Gasteiger charge is -2.20. The van der Waals surface area contributed by atoms with Gasteiger partial charge < -0.3 is 15.5 Å². The van der Waals surface area contributed by atoms with Crippen molar-refractivity contribution in [2.24, 2.45) is 5.92 Å². The lowest BCUT2D eigenvalue weighted by Crippen LogP contribution is -2.34. The SMILES string of the molecule is O=C(Nc1ccc(C(=O)N2CCCNCC2)cc1)C1CC1. The van der Waals surface area contributed by atoms with Crippen molar-refractivity contribution in [3.05, 3.63) is 29.8 Å². The molecule has 0 unspecified atom stereocenters. The first-order valence-electron chi connectivity index (χ1n) is 7.65. The molecule has 1 saturated heterocycles. The summed E-state index contributed by atoms with van der Waals surface area (Å²) in [4.78, 5) is 26.0. The van der Waals surface area contributed by atoms with Crippen LogP contribution in [0.2, 0.25) is 0 Å². The number of nitrogens with one attached hydrogen (secondary N) is 2. The van der Waals surface area contributed by atoms with E-state index in [1.54, 1.807) is 12.1 Å². The van der Waals surface area contributed by atoms with Crippen LogP contribution in [0.15, 0.2) is 24.3 Å². The van der Waals surface area contributed by atoms with Crippen LogP contribution < -0.4 is 10.6 Å². The highest BCUT2D eigenvalue weighted by Crippen LogP contribution is 2.30. The molecule has 3 rings (SSSR count). The van der Waals surface area contributed by atoms with E-state index in [-0.39, 0.29) is 17.7 Å². The maximum atomic E-state index is 12.4. The van der Waals surface area contributed by atoms with E-state index in [0.717, 1.165) is 51.1 Å². The molecule has 2 aliphatic rings. The highest BCUT2D eigenvalue weighted by atomic mass is 16.2. The van der Waals surface area contributed by atoms with Crippen molar-refractivity contribution >= 4 is 17.5 Å². The average molecular weight is 287 g/mol. The zero-order chi connectivity index (χ0) is 14.7. The van der Waals surface area contributed by atoms with Gasteiger partial charge in [0.2, 0.25) is 5.91 Å². The first kappa shape index (κ1) is 14.1. The molecule has 0 atom stereocenters. The molecule has 112 valence electrons. The third-order valence-corrected chi connectivity index (χ3v) is 3.97. The van der Waals surface area contributed by atoms with Gasteiger partial charge >= 0.3 is 0 Å². The van der Waals surface area contributed by atoms with Crippen LogP contribution in [0.1, 0.15) is 29.6 Å². The Labute approximate surface area is 124 Å². The van der Waals surface area contributed by atoms with Gasteiger partial charge in [-0.3, -0.25) is 9.59 Å². The zero-order valence-electron chi connectivity index (χ0n) is 12.1. The topological polar surface area (TPSA) is 61.4 Å². The second-order valence-electron chi connectivity index (χ2n) is 5.74. The number of hydrogen-bond donors (Lipinski definition) is 2. The Morgan fingerprint density at radius 2 is 1.86 bits per heavy atom. The van der Waals surface area contributed by atoms with Crippen molar-refractivity contribution in [3.8, 4) is 0 Å². The summed E-state index contributed by atoms with van der Waals surface area (Å²) >= 11 is 0. The van der Waals surface area contributed by atoms with Crippen LogP contribution in [-0.4, -0.2) is 42.9 Å². The minimum Gasteiger partial charge on any atom is -0.337 e. The van der Waals surface area contributed by atoms with Crippen LogP contribution in [0, 0.1) is 5.92 Å². The maximum Gasteiger partial charge on any atom is 0.253 e. The molecule has 1 aliphatic carbocycles. The zero-order valence-corrected chi connectivity index (χ0v) is 12.1. The van der Waals surface area contributed by atoms with Crippen LogP contribution in [0.25, 0.3) is 0 Å². The summed E-state index contributed by atoms with van der Waals surface area (Å²) in [5.74, 6) is 0.349. The molecule has 0 radical (unpaired) electrons. The molecule has 1 heterocycles. The number of carbonyl (C=O) groups excluding carboxylic acids is 2. The van der Waals surface area contributed by atoms with Gasteiger partial charge in [0, 0.05) is 36.8 Å². The lowest BCUT2D eigenvalue weighted by atomic mass is 10.1. The third-order valence-electron chi connectivity index (χ3n) is 3.97. The van der Waals surface area contributed by atoms with Gasteiger partial charge in [0.1, 0.15) is 0 Å². The fourth-order valence-corrected chi connectivity index (χ4v) is 2.52. The van der Waals surface area contributed by atoms with Crippen molar-refractivity contribution in [1.82, 2.24) is 10.2 Å². The summed E-state index contributed by atoms with van der Waals surface area (Å²) in [5.41, 5.74) is 1.45. The summed E-state index contributed by atoms with van der Waals surface area (Å²) in [7, 11) is 0. The predicted octanol–water partition coefficient (Wildman–Crippen LogP) is 1.47. The molecule has 0 bridgehead atoms. The fourth-order valence-electron chi connectivity index (χ4n) is 2.52. The van der Waals surface area contributed by atoms with E-state index < -0.39 is 0 Å². The minimum atomic E-state index is 0.0683. The van der Waals surface area contributed by atoms with Crippen LogP contribution in [0.3, 0.4) is 0 Å². The Bertz CT molecular complexity index is 515. The molecular formula is C16H21N3O2. The number of nitrogens with zero attached hydrogens (tertiary/aromatic N) is 1. The van der Waals surface area contributed by atoms with E-state index >= 15 is 0 Å². The molecule has 2 amide bonds. The monoisotopic (exact) mass is 287 g/mol. The highest BCUT2D eigenvalue weighted by Gasteiger charge is 2.29. The Balaban J connectivity index is 1.62. The summed E-state index contributed by atoms with van der Waals surface area (Å²) in [6.07, 6.45) is 2.97. The molecule has 2 fully saturated rings. The van der Waals surface area contributed by atoms with Gasteiger partial charge in [-0.1, -0.05) is 0 Å². The molecule has 5 heteroatoms. The first-order valence-corrected chi connectivity index (χ1v) is 7.65. The summed E-state index contributed by atoms with van der Waals surface area (Å²) < 4.78 is 0. The normalized spacial score (nSPS) is 19.0. The van der Waals surface area contributed by atoms with Gasteiger partial charge in [0.15, 0.2) is 0 Å². The Morgan fingerprint density at radius 1 is 1.10 bits per heavy atom. The number of amides is 2. The predicted molar refractivity (Wildman–Crippen MR) is 81.2 cm³/mol. The van der Waals surface area contributed by atoms with Gasteiger partial charge in [-0.2, -0.15) is 0 Å². The maximum absolute atomic E-state index is 12.4. The van der Waals surface area contributed by atoms with Crippen molar-refractivity contribution in [3.63, 3.8) is 0 Å². The highest BCUT2D eigenvalue weighted by molar-refractivity contribution is 5.96. The molecule has 1 aliphatic heterocycles. The van der Waals surface area contributed by atoms with E-state index in [2.05, 4.69) is 10.6 Å². The number of carbonyl (C=O) groups is 2. The van der Waals surface area contributed by atoms with Crippen molar-refractivity contribution in [2.45, 2.75) is 19.3 Å². The minimum absolute atomic E-state index is 0.0683. The van der Waals surface area contributed by atoms with Crippen LogP contribution >= 0.6 is 0 Å². The second-order valence-corrected chi connectivity index (χ2v) is 5.74. The average Bonchev–Trinajstić information content (AvgIpc) is 3.34. The van der Waals surface area contributed by atoms with E-state index in [1.807, 2.05) is 17.0 Å². The molecule has 2 N–H and O–H groups in total. The molecule has 0 aromatic heterocycles. The Morgan fingerprint density at radius 3 is 2.57 bits per heavy atom. The summed E-state index contributed by atoms with van der Waals surface area (Å²) in [6, 6.07) is 7.21. The number of anilines is 1. The van der Waals surface area contributed by atoms with Crippen LogP contribution in [0.4, 0.5) is 5.69 Å². The smallest absolute Gasteiger partial charge is 0.253 e. The number of hydrogen-bond acceptors (Lipinski definition) is 3. The standard InChI is InChI=1S/C16H21N3O2/c20-15(12-2-3-12)18-14-6-4-13(5-7-14)16(21)19-10-1-8-17-9-11-19/h4-7,12,17H,1-3,8-11H2,(H,18,20). The van der Waals surface area contributed by atoms with Crippen LogP contribution in [-0.2, 0) is 4.79 Å². The third kappa shape index (κ3) is 3.61. The molecule has 0 spiro atoms. The molecule has 1 aromatic carbocycles. The Kier molecular flexibility index (Phi) is 4.20. The first-order chi connectivity index (χ1) is 10.2. The van der Waals surface area contributed by atoms with Crippen LogP contribution in [0.5, 0.6) is 0 Å². The van der Waals surface area contributed by atoms with Crippen molar-refractivity contribution in [1.29, 1.82) is 0 Å². The van der Waals surface area contributed by atoms with Crippen molar-refractivity contribution in [2.75, 3.05) is 31.5 Å². The van der Waals surface area contributed by atoms with Gasteiger partial charge in [-0.15, -0.1) is 0 Å². The van der Waals surface area contributed by atoms with E-state index in [0.29, 0.717) is 5.56 Å². The molecule has 1 aromatic rings. The second kappa shape index (κ2) is 6.26. The van der Waals surface area contributed by atoms with Gasteiger partial charge in [-0.05, 0) is 50.1 Å². The molecule has 1 saturated carbocycles. The Hall–Kier alpha value is -1.88. The quantitative estimate of drug-likeness (QED) is 0.885. The van der Waals surface area contributed by atoms with Gasteiger partial charge in [0.25, 0.3) is 5.91 Å². The van der Waals surface area contributed by atoms with Gasteiger partial charge in [-0.25, -0.2) is 0 Å². The molecule has 21 heavy (non-hydrogen) atoms. The summed E-state index contributed by atoms with van der Waals surface area (Å²) in [5, 5.41) is 6.18. The molecular weight excluding hydrogens is 266 g/mol. The van der Waals surface area contributed by atoms with E-state index in [9.17, 15) is 9.59 Å². The molecule has 5 nitrogen and oxygen atoms in total. The lowest BCUT2D eigenvalue weighted by molar-refractivity contribution is -0.117. The van der Waals surface area contributed by atoms with E-state index in [4.69, 9.17) is 0 Å². The summed E-state index contributed by atoms with van der Waals surface area (Å²) in [6.45, 7) is 3.36. The fraction of sp³-hybridized carbons (Fsp3) is 0.500. The van der Waals surface area contributed by atoms with E-state index in [1.165, 1.54) is 0 Å². The van der Waals surface area contributed by atoms with Gasteiger partial charge in [0.05, 0.1) is 0 Å². The number of rotatable bonds is 3. The largest absolute Gasteiger partial charge is 0.337 e.